The molecule has 1 aliphatic heterocycles. The van der Waals surface area contributed by atoms with Crippen LogP contribution in [0.15, 0.2) is 42.7 Å². The summed E-state index contributed by atoms with van der Waals surface area (Å²) < 4.78 is 0. The van der Waals surface area contributed by atoms with Crippen molar-refractivity contribution in [2.45, 2.75) is 25.3 Å². The summed E-state index contributed by atoms with van der Waals surface area (Å²) in [6.07, 6.45) is 4.43. The molecule has 1 N–H and O–H groups in total. The van der Waals surface area contributed by atoms with Crippen LogP contribution in [0.25, 0.3) is 0 Å². The lowest BCUT2D eigenvalue weighted by Gasteiger charge is -2.25. The first-order valence-electron chi connectivity index (χ1n) is 8.24. The van der Waals surface area contributed by atoms with E-state index in [0.717, 1.165) is 31.6 Å². The zero-order valence-corrected chi connectivity index (χ0v) is 14.1. The van der Waals surface area contributed by atoms with Gasteiger partial charge in [-0.15, -0.1) is 0 Å². The second-order valence-electron chi connectivity index (χ2n) is 6.27. The van der Waals surface area contributed by atoms with Crippen LogP contribution in [-0.4, -0.2) is 47.6 Å². The monoisotopic (exact) mass is 325 g/mol. The van der Waals surface area contributed by atoms with Gasteiger partial charge >= 0.3 is 6.03 Å². The van der Waals surface area contributed by atoms with E-state index in [2.05, 4.69) is 27.4 Å². The van der Waals surface area contributed by atoms with E-state index in [-0.39, 0.29) is 12.1 Å². The highest BCUT2D eigenvalue weighted by atomic mass is 16.2. The SMILES string of the molecule is CN(C)c1cc(NC(=O)N2CCC[C@H]2Cc2ccccc2)ncn1. The molecule has 0 spiro atoms. The number of urea groups is 1. The zero-order chi connectivity index (χ0) is 16.9. The third-order valence-electron chi connectivity index (χ3n) is 4.30. The molecule has 24 heavy (non-hydrogen) atoms. The number of carbonyl (C=O) groups excluding carboxylic acids is 1. The lowest BCUT2D eigenvalue weighted by Crippen LogP contribution is -2.40. The number of hydrogen-bond donors (Lipinski definition) is 1. The maximum absolute atomic E-state index is 12.6. The predicted octanol–water partition coefficient (Wildman–Crippen LogP) is 2.78. The molecule has 6 nitrogen and oxygen atoms in total. The van der Waals surface area contributed by atoms with Gasteiger partial charge in [0.25, 0.3) is 0 Å². The van der Waals surface area contributed by atoms with Gasteiger partial charge in [0, 0.05) is 32.7 Å². The number of rotatable bonds is 4. The minimum atomic E-state index is -0.0863. The molecule has 6 heteroatoms. The number of nitrogens with zero attached hydrogens (tertiary/aromatic N) is 4. The number of amides is 2. The number of hydrogen-bond acceptors (Lipinski definition) is 4. The molecule has 1 aromatic carbocycles. The summed E-state index contributed by atoms with van der Waals surface area (Å²) in [7, 11) is 3.81. The summed E-state index contributed by atoms with van der Waals surface area (Å²) in [5.41, 5.74) is 1.26. The Bertz CT molecular complexity index is 689. The van der Waals surface area contributed by atoms with Crippen molar-refractivity contribution in [1.29, 1.82) is 0 Å². The number of nitrogens with one attached hydrogen (secondary N) is 1. The fraction of sp³-hybridized carbons (Fsp3) is 0.389. The summed E-state index contributed by atoms with van der Waals surface area (Å²) in [4.78, 5) is 24.7. The molecule has 0 bridgehead atoms. The van der Waals surface area contributed by atoms with Crippen LogP contribution in [0, 0.1) is 0 Å². The van der Waals surface area contributed by atoms with Gasteiger partial charge in [0.05, 0.1) is 0 Å². The fourth-order valence-corrected chi connectivity index (χ4v) is 3.04. The maximum Gasteiger partial charge on any atom is 0.323 e. The molecule has 0 radical (unpaired) electrons. The van der Waals surface area contributed by atoms with Gasteiger partial charge in [-0.05, 0) is 24.8 Å². The zero-order valence-electron chi connectivity index (χ0n) is 14.1. The Morgan fingerprint density at radius 3 is 2.83 bits per heavy atom. The highest BCUT2D eigenvalue weighted by Crippen LogP contribution is 2.22. The van der Waals surface area contributed by atoms with Gasteiger partial charge < -0.3 is 9.80 Å². The first kappa shape index (κ1) is 16.2. The molecule has 126 valence electrons. The van der Waals surface area contributed by atoms with Crippen molar-refractivity contribution in [3.05, 3.63) is 48.3 Å². The molecule has 0 saturated carbocycles. The first-order chi connectivity index (χ1) is 11.6. The van der Waals surface area contributed by atoms with Crippen molar-refractivity contribution in [1.82, 2.24) is 14.9 Å². The van der Waals surface area contributed by atoms with Gasteiger partial charge in [-0.3, -0.25) is 5.32 Å². The molecular weight excluding hydrogens is 302 g/mol. The van der Waals surface area contributed by atoms with Gasteiger partial charge in [0.2, 0.25) is 0 Å². The van der Waals surface area contributed by atoms with Crippen molar-refractivity contribution >= 4 is 17.7 Å². The summed E-state index contributed by atoms with van der Waals surface area (Å²) >= 11 is 0. The van der Waals surface area contributed by atoms with Crippen LogP contribution in [0.4, 0.5) is 16.4 Å². The van der Waals surface area contributed by atoms with Gasteiger partial charge in [-0.2, -0.15) is 0 Å². The Morgan fingerprint density at radius 2 is 2.08 bits per heavy atom. The minimum Gasteiger partial charge on any atom is -0.363 e. The van der Waals surface area contributed by atoms with Crippen molar-refractivity contribution in [2.75, 3.05) is 30.9 Å². The number of anilines is 2. The fourth-order valence-electron chi connectivity index (χ4n) is 3.04. The largest absolute Gasteiger partial charge is 0.363 e. The van der Waals surface area contributed by atoms with E-state index in [9.17, 15) is 4.79 Å². The predicted molar refractivity (Wildman–Crippen MR) is 95.3 cm³/mol. The molecule has 1 aromatic heterocycles. The summed E-state index contributed by atoms with van der Waals surface area (Å²) in [5, 5.41) is 2.90. The molecule has 1 aliphatic rings. The Labute approximate surface area is 142 Å². The molecule has 2 amide bonds. The molecule has 3 rings (SSSR count). The summed E-state index contributed by atoms with van der Waals surface area (Å²) in [5.74, 6) is 1.30. The van der Waals surface area contributed by atoms with Gasteiger partial charge in [-0.25, -0.2) is 14.8 Å². The lowest BCUT2D eigenvalue weighted by atomic mass is 10.0. The number of aromatic nitrogens is 2. The third-order valence-corrected chi connectivity index (χ3v) is 4.30. The molecule has 0 aliphatic carbocycles. The highest BCUT2D eigenvalue weighted by molar-refractivity contribution is 5.89. The van der Waals surface area contributed by atoms with E-state index in [4.69, 9.17) is 0 Å². The Kier molecular flexibility index (Phi) is 4.93. The van der Waals surface area contributed by atoms with E-state index in [1.165, 1.54) is 11.9 Å². The molecule has 0 unspecified atom stereocenters. The van der Waals surface area contributed by atoms with Crippen molar-refractivity contribution in [2.24, 2.45) is 0 Å². The maximum atomic E-state index is 12.6. The molecule has 1 saturated heterocycles. The molecule has 2 heterocycles. The quantitative estimate of drug-likeness (QED) is 0.939. The lowest BCUT2D eigenvalue weighted by molar-refractivity contribution is 0.206. The third kappa shape index (κ3) is 3.82. The summed E-state index contributed by atoms with van der Waals surface area (Å²) in [6.45, 7) is 0.787. The average Bonchev–Trinajstić information content (AvgIpc) is 3.04. The molecule has 1 fully saturated rings. The van der Waals surface area contributed by atoms with Crippen LogP contribution in [0.3, 0.4) is 0 Å². The van der Waals surface area contributed by atoms with Gasteiger partial charge in [0.15, 0.2) is 0 Å². The Balaban J connectivity index is 1.66. The normalized spacial score (nSPS) is 16.9. The first-order valence-corrected chi connectivity index (χ1v) is 8.24. The Morgan fingerprint density at radius 1 is 1.29 bits per heavy atom. The second-order valence-corrected chi connectivity index (χ2v) is 6.27. The van der Waals surface area contributed by atoms with Crippen molar-refractivity contribution < 1.29 is 4.79 Å². The van der Waals surface area contributed by atoms with Crippen LogP contribution in [-0.2, 0) is 6.42 Å². The van der Waals surface area contributed by atoms with E-state index in [1.807, 2.05) is 42.1 Å². The van der Waals surface area contributed by atoms with E-state index >= 15 is 0 Å². The van der Waals surface area contributed by atoms with Crippen LogP contribution in [0.2, 0.25) is 0 Å². The van der Waals surface area contributed by atoms with Gasteiger partial charge in [0.1, 0.15) is 18.0 Å². The molecule has 2 aromatic rings. The standard InChI is InChI=1S/C18H23N5O/c1-22(2)17-12-16(19-13-20-17)21-18(24)23-10-6-9-15(23)11-14-7-4-3-5-8-14/h3-5,7-8,12-13,15H,6,9-11H2,1-2H3,(H,19,20,21,24)/t15-/m0/s1. The second kappa shape index (κ2) is 7.29. The smallest absolute Gasteiger partial charge is 0.323 e. The average molecular weight is 325 g/mol. The number of carbonyl (C=O) groups is 1. The highest BCUT2D eigenvalue weighted by Gasteiger charge is 2.29. The molecule has 1 atom stereocenters. The number of benzene rings is 1. The number of likely N-dealkylation sites (tertiary alicyclic amines) is 1. The van der Waals surface area contributed by atoms with Gasteiger partial charge in [-0.1, -0.05) is 30.3 Å². The van der Waals surface area contributed by atoms with Crippen LogP contribution < -0.4 is 10.2 Å². The molecular formula is C18H23N5O. The van der Waals surface area contributed by atoms with Crippen LogP contribution in [0.1, 0.15) is 18.4 Å². The van der Waals surface area contributed by atoms with Crippen LogP contribution in [0.5, 0.6) is 0 Å². The van der Waals surface area contributed by atoms with Crippen molar-refractivity contribution in [3.8, 4) is 0 Å². The Hall–Kier alpha value is -2.63. The topological polar surface area (TPSA) is 61.4 Å². The van der Waals surface area contributed by atoms with Crippen LogP contribution >= 0.6 is 0 Å². The minimum absolute atomic E-state index is 0.0863. The van der Waals surface area contributed by atoms with E-state index < -0.39 is 0 Å². The van der Waals surface area contributed by atoms with E-state index in [1.54, 1.807) is 6.07 Å². The summed E-state index contributed by atoms with van der Waals surface area (Å²) in [6, 6.07) is 12.3. The van der Waals surface area contributed by atoms with Crippen molar-refractivity contribution in [3.63, 3.8) is 0 Å². The van der Waals surface area contributed by atoms with E-state index in [0.29, 0.717) is 5.82 Å².